The second kappa shape index (κ2) is 6.57. The molecule has 0 fully saturated rings. The van der Waals surface area contributed by atoms with E-state index in [1.165, 1.54) is 10.9 Å². The lowest BCUT2D eigenvalue weighted by Gasteiger charge is -2.23. The van der Waals surface area contributed by atoms with Gasteiger partial charge in [0.2, 0.25) is 0 Å². The number of carbonyl (C=O) groups excluding carboxylic acids is 1. The molecule has 1 heterocycles. The van der Waals surface area contributed by atoms with E-state index in [-0.39, 0.29) is 18.1 Å². The van der Waals surface area contributed by atoms with Gasteiger partial charge in [-0.05, 0) is 24.6 Å². The van der Waals surface area contributed by atoms with Gasteiger partial charge in [0.05, 0.1) is 18.9 Å². The molecule has 2 aromatic rings. The summed E-state index contributed by atoms with van der Waals surface area (Å²) < 4.78 is 6.54. The van der Waals surface area contributed by atoms with Crippen molar-refractivity contribution in [1.29, 1.82) is 0 Å². The van der Waals surface area contributed by atoms with Gasteiger partial charge in [0.15, 0.2) is 5.69 Å². The number of nitrogens with zero attached hydrogens (tertiary/aromatic N) is 3. The molecule has 0 saturated heterocycles. The molecular formula is C15H20N4O3. The van der Waals surface area contributed by atoms with Gasteiger partial charge in [-0.15, -0.1) is 5.10 Å². The Morgan fingerprint density at radius 1 is 1.41 bits per heavy atom. The standard InChI is InChI=1S/C15H20N4O3/c1-15(21,8-11-4-6-12(22-3)7-5-11)10-16-14(20)13-9-19(2)18-17-13/h4-7,9,21H,8,10H2,1-3H3,(H,16,20)/t15-/m1/s1. The van der Waals surface area contributed by atoms with E-state index in [9.17, 15) is 9.90 Å². The predicted molar refractivity (Wildman–Crippen MR) is 80.7 cm³/mol. The number of aromatic nitrogens is 3. The highest BCUT2D eigenvalue weighted by atomic mass is 16.5. The van der Waals surface area contributed by atoms with Crippen LogP contribution in [0, 0.1) is 0 Å². The van der Waals surface area contributed by atoms with Crippen LogP contribution in [0.4, 0.5) is 0 Å². The Bertz CT molecular complexity index is 634. The molecule has 0 radical (unpaired) electrons. The number of nitrogens with one attached hydrogen (secondary N) is 1. The van der Waals surface area contributed by atoms with Gasteiger partial charge in [-0.3, -0.25) is 9.48 Å². The van der Waals surface area contributed by atoms with Crippen molar-refractivity contribution in [2.75, 3.05) is 13.7 Å². The zero-order chi connectivity index (χ0) is 16.2. The number of hydrogen-bond donors (Lipinski definition) is 2. The first-order valence-electron chi connectivity index (χ1n) is 6.89. The number of benzene rings is 1. The second-order valence-corrected chi connectivity index (χ2v) is 5.48. The van der Waals surface area contributed by atoms with Crippen LogP contribution in [0.2, 0.25) is 0 Å². The van der Waals surface area contributed by atoms with Crippen molar-refractivity contribution in [2.45, 2.75) is 18.9 Å². The normalized spacial score (nSPS) is 13.5. The number of methoxy groups -OCH3 is 1. The minimum atomic E-state index is -1.06. The van der Waals surface area contributed by atoms with E-state index in [0.29, 0.717) is 6.42 Å². The maximum absolute atomic E-state index is 11.9. The Balaban J connectivity index is 1.91. The van der Waals surface area contributed by atoms with E-state index in [0.717, 1.165) is 11.3 Å². The van der Waals surface area contributed by atoms with Crippen molar-refractivity contribution in [2.24, 2.45) is 7.05 Å². The number of aryl methyl sites for hydroxylation is 1. The van der Waals surface area contributed by atoms with Gasteiger partial charge in [0.1, 0.15) is 5.75 Å². The van der Waals surface area contributed by atoms with Crippen LogP contribution in [0.15, 0.2) is 30.5 Å². The van der Waals surface area contributed by atoms with Crippen molar-refractivity contribution in [1.82, 2.24) is 20.3 Å². The monoisotopic (exact) mass is 304 g/mol. The molecule has 1 aromatic carbocycles. The van der Waals surface area contributed by atoms with Crippen LogP contribution in [0.5, 0.6) is 5.75 Å². The zero-order valence-electron chi connectivity index (χ0n) is 12.9. The molecule has 0 bridgehead atoms. The van der Waals surface area contributed by atoms with Crippen molar-refractivity contribution in [3.8, 4) is 5.75 Å². The predicted octanol–water partition coefficient (Wildman–Crippen LogP) is 0.547. The number of hydrogen-bond acceptors (Lipinski definition) is 5. The van der Waals surface area contributed by atoms with E-state index in [1.54, 1.807) is 21.1 Å². The molecular weight excluding hydrogens is 284 g/mol. The average molecular weight is 304 g/mol. The van der Waals surface area contributed by atoms with Gasteiger partial charge in [-0.25, -0.2) is 0 Å². The summed E-state index contributed by atoms with van der Waals surface area (Å²) in [4.78, 5) is 11.9. The molecule has 0 spiro atoms. The highest BCUT2D eigenvalue weighted by Crippen LogP contribution is 2.16. The fourth-order valence-corrected chi connectivity index (χ4v) is 2.06. The molecule has 1 amide bonds. The smallest absolute Gasteiger partial charge is 0.273 e. The molecule has 0 aliphatic carbocycles. The van der Waals surface area contributed by atoms with E-state index >= 15 is 0 Å². The van der Waals surface area contributed by atoms with Crippen molar-refractivity contribution < 1.29 is 14.6 Å². The van der Waals surface area contributed by atoms with Gasteiger partial charge >= 0.3 is 0 Å². The summed E-state index contributed by atoms with van der Waals surface area (Å²) in [7, 11) is 3.29. The minimum Gasteiger partial charge on any atom is -0.497 e. The molecule has 7 heteroatoms. The third-order valence-corrected chi connectivity index (χ3v) is 3.21. The van der Waals surface area contributed by atoms with Gasteiger partial charge in [0.25, 0.3) is 5.91 Å². The van der Waals surface area contributed by atoms with Crippen molar-refractivity contribution >= 4 is 5.91 Å². The SMILES string of the molecule is COc1ccc(C[C@@](C)(O)CNC(=O)c2cn(C)nn2)cc1. The van der Waals surface area contributed by atoms with E-state index in [2.05, 4.69) is 15.6 Å². The fraction of sp³-hybridized carbons (Fsp3) is 0.400. The molecule has 0 aliphatic heterocycles. The quantitative estimate of drug-likeness (QED) is 0.813. The van der Waals surface area contributed by atoms with Crippen molar-refractivity contribution in [3.05, 3.63) is 41.7 Å². The topological polar surface area (TPSA) is 89.3 Å². The summed E-state index contributed by atoms with van der Waals surface area (Å²) in [5.41, 5.74) is 0.120. The Hall–Kier alpha value is -2.41. The lowest BCUT2D eigenvalue weighted by Crippen LogP contribution is -2.42. The Labute approximate surface area is 128 Å². The maximum Gasteiger partial charge on any atom is 0.273 e. The highest BCUT2D eigenvalue weighted by Gasteiger charge is 2.23. The van der Waals surface area contributed by atoms with Gasteiger partial charge < -0.3 is 15.2 Å². The number of ether oxygens (including phenoxy) is 1. The summed E-state index contributed by atoms with van der Waals surface area (Å²) in [6.45, 7) is 1.79. The first-order chi connectivity index (χ1) is 10.4. The minimum absolute atomic E-state index is 0.119. The molecule has 1 atom stereocenters. The van der Waals surface area contributed by atoms with E-state index in [1.807, 2.05) is 24.3 Å². The summed E-state index contributed by atoms with van der Waals surface area (Å²) in [5.74, 6) is 0.405. The fourth-order valence-electron chi connectivity index (χ4n) is 2.06. The third-order valence-electron chi connectivity index (χ3n) is 3.21. The first-order valence-corrected chi connectivity index (χ1v) is 6.89. The Morgan fingerprint density at radius 3 is 2.64 bits per heavy atom. The van der Waals surface area contributed by atoms with Crippen LogP contribution in [0.3, 0.4) is 0 Å². The Morgan fingerprint density at radius 2 is 2.09 bits per heavy atom. The molecule has 0 unspecified atom stereocenters. The summed E-state index contributed by atoms with van der Waals surface area (Å²) in [6.07, 6.45) is 1.94. The lowest BCUT2D eigenvalue weighted by atomic mass is 9.96. The van der Waals surface area contributed by atoms with Crippen molar-refractivity contribution in [3.63, 3.8) is 0 Å². The number of rotatable bonds is 6. The van der Waals surface area contributed by atoms with Crippen LogP contribution < -0.4 is 10.1 Å². The summed E-state index contributed by atoms with van der Waals surface area (Å²) in [6, 6.07) is 7.45. The molecule has 7 nitrogen and oxygen atoms in total. The van der Waals surface area contributed by atoms with Crippen LogP contribution >= 0.6 is 0 Å². The molecule has 22 heavy (non-hydrogen) atoms. The first kappa shape index (κ1) is 16.0. The second-order valence-electron chi connectivity index (χ2n) is 5.48. The maximum atomic E-state index is 11.9. The largest absolute Gasteiger partial charge is 0.497 e. The number of amides is 1. The van der Waals surface area contributed by atoms with Gasteiger partial charge in [0, 0.05) is 20.0 Å². The van der Waals surface area contributed by atoms with Gasteiger partial charge in [-0.1, -0.05) is 17.3 Å². The molecule has 1 aromatic heterocycles. The zero-order valence-corrected chi connectivity index (χ0v) is 12.9. The van der Waals surface area contributed by atoms with E-state index < -0.39 is 5.60 Å². The van der Waals surface area contributed by atoms with Crippen LogP contribution in [0.25, 0.3) is 0 Å². The molecule has 0 aliphatic rings. The van der Waals surface area contributed by atoms with E-state index in [4.69, 9.17) is 4.74 Å². The lowest BCUT2D eigenvalue weighted by molar-refractivity contribution is 0.0551. The van der Waals surface area contributed by atoms with Gasteiger partial charge in [-0.2, -0.15) is 0 Å². The van der Waals surface area contributed by atoms with Crippen LogP contribution in [-0.4, -0.2) is 45.3 Å². The molecule has 0 saturated carbocycles. The van der Waals surface area contributed by atoms with Crippen LogP contribution in [0.1, 0.15) is 23.0 Å². The third kappa shape index (κ3) is 4.29. The molecule has 2 rings (SSSR count). The molecule has 118 valence electrons. The highest BCUT2D eigenvalue weighted by molar-refractivity contribution is 5.91. The number of aliphatic hydroxyl groups is 1. The van der Waals surface area contributed by atoms with Crippen LogP contribution in [-0.2, 0) is 13.5 Å². The molecule has 2 N–H and O–H groups in total. The number of carbonyl (C=O) groups is 1. The summed E-state index contributed by atoms with van der Waals surface area (Å²) in [5, 5.41) is 20.5. The summed E-state index contributed by atoms with van der Waals surface area (Å²) >= 11 is 0. The average Bonchev–Trinajstić information content (AvgIpc) is 2.92. The Kier molecular flexibility index (Phi) is 4.77.